The maximum Gasteiger partial charge on any atom is 0.305 e. The van der Waals surface area contributed by atoms with E-state index in [2.05, 4.69) is 13.3 Å². The molecule has 0 fully saturated rings. The quantitative estimate of drug-likeness (QED) is 0.551. The zero-order valence-electron chi connectivity index (χ0n) is 10.7. The number of benzene rings is 1. The Labute approximate surface area is 114 Å². The van der Waals surface area contributed by atoms with Crippen LogP contribution in [-0.4, -0.2) is 12.6 Å². The molecular formula is C15H19ClO2. The highest BCUT2D eigenvalue weighted by Crippen LogP contribution is 2.20. The van der Waals surface area contributed by atoms with Gasteiger partial charge in [-0.25, -0.2) is 0 Å². The summed E-state index contributed by atoms with van der Waals surface area (Å²) >= 11 is 5.99. The molecule has 0 aliphatic heterocycles. The molecule has 0 atom stereocenters. The van der Waals surface area contributed by atoms with Gasteiger partial charge < -0.3 is 4.74 Å². The molecule has 0 N–H and O–H groups in total. The molecule has 1 aromatic rings. The van der Waals surface area contributed by atoms with Crippen LogP contribution >= 0.6 is 11.6 Å². The minimum Gasteiger partial charge on any atom is -0.466 e. The summed E-state index contributed by atoms with van der Waals surface area (Å²) in [5.74, 6) is -0.119. The van der Waals surface area contributed by atoms with Crippen LogP contribution in [-0.2, 0) is 16.0 Å². The Bertz CT molecular complexity index is 388. The van der Waals surface area contributed by atoms with Crippen molar-refractivity contribution < 1.29 is 9.53 Å². The normalized spacial score (nSPS) is 10.4. The number of rotatable bonds is 7. The Balaban J connectivity index is 2.22. The molecule has 0 spiro atoms. The third-order valence-electron chi connectivity index (χ3n) is 2.67. The van der Waals surface area contributed by atoms with E-state index in [1.165, 1.54) is 0 Å². The smallest absolute Gasteiger partial charge is 0.305 e. The van der Waals surface area contributed by atoms with Crippen molar-refractivity contribution in [2.75, 3.05) is 6.61 Å². The topological polar surface area (TPSA) is 26.3 Å². The summed E-state index contributed by atoms with van der Waals surface area (Å²) in [4.78, 5) is 11.1. The minimum atomic E-state index is -0.119. The lowest BCUT2D eigenvalue weighted by atomic mass is 10.0. The number of carbonyl (C=O) groups is 1. The summed E-state index contributed by atoms with van der Waals surface area (Å²) in [6.07, 6.45) is 5.19. The first-order valence-electron chi connectivity index (χ1n) is 6.21. The molecule has 18 heavy (non-hydrogen) atoms. The van der Waals surface area contributed by atoms with Crippen molar-refractivity contribution in [2.45, 2.75) is 32.6 Å². The highest BCUT2D eigenvalue weighted by Gasteiger charge is 2.03. The Morgan fingerprint density at radius 2 is 2.28 bits per heavy atom. The lowest BCUT2D eigenvalue weighted by Gasteiger charge is -2.06. The Kier molecular flexibility index (Phi) is 6.81. The molecule has 2 radical (unpaired) electrons. The lowest BCUT2D eigenvalue weighted by molar-refractivity contribution is -0.143. The van der Waals surface area contributed by atoms with Crippen LogP contribution in [0.4, 0.5) is 0 Å². The summed E-state index contributed by atoms with van der Waals surface area (Å²) in [5, 5.41) is 0.701. The molecular weight excluding hydrogens is 248 g/mol. The van der Waals surface area contributed by atoms with Gasteiger partial charge in [0.25, 0.3) is 0 Å². The van der Waals surface area contributed by atoms with Gasteiger partial charge in [-0.15, -0.1) is 0 Å². The molecule has 0 bridgehead atoms. The minimum absolute atomic E-state index is 0.119. The van der Waals surface area contributed by atoms with Crippen LogP contribution < -0.4 is 0 Å². The molecule has 0 aromatic heterocycles. The number of halogens is 1. The first-order chi connectivity index (χ1) is 8.65. The number of hydrogen-bond acceptors (Lipinski definition) is 2. The molecule has 1 rings (SSSR count). The standard InChI is InChI=1S/C15H19ClO2/c1-3-18-15(17)11-6-4-5-8-13-9-7-10-14(16)12(13)2/h5,7,9-10H,2-4,6,8,11H2,1H3. The fraction of sp³-hybridized carbons (Fsp3) is 0.400. The van der Waals surface area contributed by atoms with Gasteiger partial charge in [0.15, 0.2) is 0 Å². The van der Waals surface area contributed by atoms with Crippen LogP contribution in [0, 0.1) is 13.3 Å². The van der Waals surface area contributed by atoms with E-state index in [0.29, 0.717) is 18.1 Å². The number of unbranched alkanes of at least 4 members (excludes halogenated alkanes) is 2. The second-order valence-corrected chi connectivity index (χ2v) is 4.47. The lowest BCUT2D eigenvalue weighted by Crippen LogP contribution is -2.03. The van der Waals surface area contributed by atoms with Crippen LogP contribution in [0.3, 0.4) is 0 Å². The van der Waals surface area contributed by atoms with Crippen LogP contribution in [0.2, 0.25) is 5.02 Å². The third-order valence-corrected chi connectivity index (χ3v) is 3.03. The van der Waals surface area contributed by atoms with Crippen molar-refractivity contribution in [3.8, 4) is 0 Å². The van der Waals surface area contributed by atoms with Crippen LogP contribution in [0.1, 0.15) is 37.3 Å². The van der Waals surface area contributed by atoms with Gasteiger partial charge in [-0.2, -0.15) is 0 Å². The van der Waals surface area contributed by atoms with E-state index in [1.807, 2.05) is 25.1 Å². The van der Waals surface area contributed by atoms with E-state index in [-0.39, 0.29) is 5.97 Å². The van der Waals surface area contributed by atoms with Gasteiger partial charge in [0, 0.05) is 11.4 Å². The van der Waals surface area contributed by atoms with E-state index >= 15 is 0 Å². The Morgan fingerprint density at radius 1 is 1.50 bits per heavy atom. The molecule has 2 nitrogen and oxygen atoms in total. The second kappa shape index (κ2) is 8.15. The van der Waals surface area contributed by atoms with Gasteiger partial charge in [-0.05, 0) is 56.7 Å². The first-order valence-corrected chi connectivity index (χ1v) is 6.59. The van der Waals surface area contributed by atoms with E-state index in [4.69, 9.17) is 16.3 Å². The van der Waals surface area contributed by atoms with Gasteiger partial charge >= 0.3 is 5.97 Å². The van der Waals surface area contributed by atoms with Crippen LogP contribution in [0.5, 0.6) is 0 Å². The molecule has 0 aliphatic rings. The molecule has 0 saturated carbocycles. The predicted molar refractivity (Wildman–Crippen MR) is 74.4 cm³/mol. The molecule has 3 heteroatoms. The predicted octanol–water partition coefficient (Wildman–Crippen LogP) is 4.00. The summed E-state index contributed by atoms with van der Waals surface area (Å²) in [6, 6.07) is 5.79. The van der Waals surface area contributed by atoms with Crippen molar-refractivity contribution in [2.24, 2.45) is 0 Å². The number of esters is 1. The van der Waals surface area contributed by atoms with Crippen LogP contribution in [0.15, 0.2) is 18.2 Å². The van der Waals surface area contributed by atoms with Crippen molar-refractivity contribution in [3.05, 3.63) is 47.7 Å². The van der Waals surface area contributed by atoms with Crippen molar-refractivity contribution >= 4 is 17.6 Å². The highest BCUT2D eigenvalue weighted by molar-refractivity contribution is 6.31. The van der Waals surface area contributed by atoms with Crippen molar-refractivity contribution in [3.63, 3.8) is 0 Å². The summed E-state index contributed by atoms with van der Waals surface area (Å²) in [7, 11) is 0. The van der Waals surface area contributed by atoms with E-state index in [9.17, 15) is 4.79 Å². The first kappa shape index (κ1) is 15.0. The average molecular weight is 267 g/mol. The largest absolute Gasteiger partial charge is 0.466 e. The van der Waals surface area contributed by atoms with Crippen LogP contribution in [0.25, 0.3) is 0 Å². The van der Waals surface area contributed by atoms with Crippen molar-refractivity contribution in [1.29, 1.82) is 0 Å². The molecule has 1 aromatic carbocycles. The second-order valence-electron chi connectivity index (χ2n) is 4.07. The average Bonchev–Trinajstić information content (AvgIpc) is 2.34. The zero-order chi connectivity index (χ0) is 13.4. The fourth-order valence-corrected chi connectivity index (χ4v) is 1.87. The molecule has 0 amide bonds. The highest BCUT2D eigenvalue weighted by atomic mass is 35.5. The molecule has 0 unspecified atom stereocenters. The maximum absolute atomic E-state index is 11.1. The zero-order valence-corrected chi connectivity index (χ0v) is 11.5. The van der Waals surface area contributed by atoms with Gasteiger partial charge in [-0.1, -0.05) is 23.7 Å². The Hall–Kier alpha value is -1.02. The molecule has 0 heterocycles. The SMILES string of the molecule is [CH2]c1c(Cl)cccc1C[CH]CCCC(=O)OCC. The van der Waals surface area contributed by atoms with Crippen molar-refractivity contribution in [1.82, 2.24) is 0 Å². The summed E-state index contributed by atoms with van der Waals surface area (Å²) in [5.41, 5.74) is 2.03. The molecule has 0 aliphatic carbocycles. The fourth-order valence-electron chi connectivity index (χ4n) is 1.68. The van der Waals surface area contributed by atoms with Gasteiger partial charge in [-0.3, -0.25) is 4.79 Å². The number of carbonyl (C=O) groups excluding carboxylic acids is 1. The van der Waals surface area contributed by atoms with E-state index in [1.54, 1.807) is 0 Å². The van der Waals surface area contributed by atoms with Gasteiger partial charge in [0.1, 0.15) is 0 Å². The summed E-state index contributed by atoms with van der Waals surface area (Å²) < 4.78 is 4.86. The monoisotopic (exact) mass is 266 g/mol. The molecule has 98 valence electrons. The van der Waals surface area contributed by atoms with Gasteiger partial charge in [0.2, 0.25) is 0 Å². The number of hydrogen-bond donors (Lipinski definition) is 0. The van der Waals surface area contributed by atoms with E-state index in [0.717, 1.165) is 30.4 Å². The Morgan fingerprint density at radius 3 is 3.00 bits per heavy atom. The molecule has 0 saturated heterocycles. The third kappa shape index (κ3) is 5.09. The maximum atomic E-state index is 11.1. The van der Waals surface area contributed by atoms with Gasteiger partial charge in [0.05, 0.1) is 6.61 Å². The van der Waals surface area contributed by atoms with E-state index < -0.39 is 0 Å². The summed E-state index contributed by atoms with van der Waals surface area (Å²) in [6.45, 7) is 6.22. The number of ether oxygens (including phenoxy) is 1.